The van der Waals surface area contributed by atoms with Crippen LogP contribution in [0.5, 0.6) is 0 Å². The Hall–Kier alpha value is -4.26. The Balaban J connectivity index is 1.58. The van der Waals surface area contributed by atoms with Gasteiger partial charge in [0.2, 0.25) is 5.82 Å². The zero-order valence-electron chi connectivity index (χ0n) is 20.5. The first-order chi connectivity index (χ1) is 17.4. The van der Waals surface area contributed by atoms with E-state index in [1.54, 1.807) is 17.0 Å². The third-order valence-corrected chi connectivity index (χ3v) is 6.52. The Morgan fingerprint density at radius 3 is 2.42 bits per heavy atom. The zero-order chi connectivity index (χ0) is 25.2. The number of allylic oxidation sites excluding steroid dienone is 1. The maximum absolute atomic E-state index is 14.1. The van der Waals surface area contributed by atoms with E-state index in [1.165, 1.54) is 17.7 Å². The first kappa shape index (κ1) is 23.5. The third-order valence-electron chi connectivity index (χ3n) is 6.52. The maximum Gasteiger partial charge on any atom is 0.322 e. The highest BCUT2D eigenvalue weighted by Crippen LogP contribution is 2.38. The fourth-order valence-electron chi connectivity index (χ4n) is 4.40. The summed E-state index contributed by atoms with van der Waals surface area (Å²) in [5, 5.41) is 7.23. The zero-order valence-corrected chi connectivity index (χ0v) is 20.5. The molecule has 7 heteroatoms. The number of urea groups is 1. The Kier molecular flexibility index (Phi) is 6.38. The van der Waals surface area contributed by atoms with Crippen molar-refractivity contribution in [3.8, 4) is 11.4 Å². The lowest BCUT2D eigenvalue weighted by Crippen LogP contribution is -2.45. The van der Waals surface area contributed by atoms with Crippen LogP contribution in [0.25, 0.3) is 17.0 Å². The molecule has 2 amide bonds. The number of carbonyl (C=O) groups excluding carboxylic acids is 1. The predicted octanol–water partition coefficient (Wildman–Crippen LogP) is 6.44. The second-order valence-corrected chi connectivity index (χ2v) is 8.98. The van der Waals surface area contributed by atoms with E-state index >= 15 is 0 Å². The van der Waals surface area contributed by atoms with Gasteiger partial charge in [0.15, 0.2) is 0 Å². The van der Waals surface area contributed by atoms with Crippen LogP contribution < -0.4 is 5.32 Å². The van der Waals surface area contributed by atoms with Gasteiger partial charge in [0.1, 0.15) is 5.82 Å². The minimum absolute atomic E-state index is 0.277. The first-order valence-electron chi connectivity index (χ1n) is 12.0. The molecule has 1 atom stereocenters. The fraction of sp³-hybridized carbons (Fsp3) is 0.207. The molecular formula is C29H27FN4O2. The van der Waals surface area contributed by atoms with Crippen LogP contribution in [0.4, 0.5) is 9.18 Å². The molecular weight excluding hydrogens is 455 g/mol. The molecule has 0 spiro atoms. The van der Waals surface area contributed by atoms with Crippen LogP contribution in [0.2, 0.25) is 0 Å². The molecule has 3 aromatic carbocycles. The van der Waals surface area contributed by atoms with Crippen molar-refractivity contribution in [2.45, 2.75) is 39.8 Å². The summed E-state index contributed by atoms with van der Waals surface area (Å²) in [6, 6.07) is 21.3. The second-order valence-electron chi connectivity index (χ2n) is 8.98. The van der Waals surface area contributed by atoms with Crippen molar-refractivity contribution in [2.24, 2.45) is 0 Å². The Bertz CT molecular complexity index is 1420. The van der Waals surface area contributed by atoms with E-state index in [0.29, 0.717) is 29.2 Å². The van der Waals surface area contributed by atoms with Crippen LogP contribution in [-0.2, 0) is 13.0 Å². The molecule has 2 heterocycles. The molecule has 6 nitrogen and oxygen atoms in total. The number of benzene rings is 3. The van der Waals surface area contributed by atoms with Gasteiger partial charge in [-0.1, -0.05) is 78.3 Å². The van der Waals surface area contributed by atoms with Gasteiger partial charge in [-0.2, -0.15) is 4.98 Å². The van der Waals surface area contributed by atoms with Gasteiger partial charge in [-0.3, -0.25) is 4.90 Å². The van der Waals surface area contributed by atoms with E-state index in [2.05, 4.69) is 22.4 Å². The number of rotatable bonds is 6. The average molecular weight is 483 g/mol. The van der Waals surface area contributed by atoms with Crippen LogP contribution in [0.3, 0.4) is 0 Å². The van der Waals surface area contributed by atoms with Gasteiger partial charge in [0.05, 0.1) is 18.2 Å². The quantitative estimate of drug-likeness (QED) is 0.343. The molecule has 1 aliphatic rings. The van der Waals surface area contributed by atoms with E-state index in [0.717, 1.165) is 23.1 Å². The number of nitrogens with zero attached hydrogens (tertiary/aromatic N) is 3. The van der Waals surface area contributed by atoms with Crippen LogP contribution in [0, 0.1) is 12.7 Å². The summed E-state index contributed by atoms with van der Waals surface area (Å²) in [7, 11) is 0. The summed E-state index contributed by atoms with van der Waals surface area (Å²) in [6.07, 6.45) is 0.940. The van der Waals surface area contributed by atoms with Crippen LogP contribution in [-0.4, -0.2) is 21.1 Å². The molecule has 0 saturated carbocycles. The van der Waals surface area contributed by atoms with E-state index in [-0.39, 0.29) is 17.7 Å². The summed E-state index contributed by atoms with van der Waals surface area (Å²) in [5.74, 6) is 0.348. The second kappa shape index (κ2) is 9.77. The lowest BCUT2D eigenvalue weighted by atomic mass is 9.94. The minimum Gasteiger partial charge on any atom is -0.334 e. The Morgan fingerprint density at radius 2 is 1.72 bits per heavy atom. The molecule has 0 fully saturated rings. The van der Waals surface area contributed by atoms with Gasteiger partial charge >= 0.3 is 6.03 Å². The first-order valence-corrected chi connectivity index (χ1v) is 12.0. The van der Waals surface area contributed by atoms with Crippen molar-refractivity contribution < 1.29 is 13.7 Å². The van der Waals surface area contributed by atoms with Gasteiger partial charge in [-0.05, 0) is 49.1 Å². The van der Waals surface area contributed by atoms with Crippen molar-refractivity contribution in [3.63, 3.8) is 0 Å². The third kappa shape index (κ3) is 4.64. The molecule has 5 rings (SSSR count). The molecule has 1 N–H and O–H groups in total. The standard InChI is InChI=1S/C29H27FN4O2/c1-4-20-12-14-22(15-13-20)27-32-28(36-33-27)25-19(3)34(17-21-10-8-18(2)9-11-21)29(35)31-26(25)23-6-5-7-24(30)16-23/h5-16,26H,4,17H2,1-3H3,(H,31,35). The highest BCUT2D eigenvalue weighted by molar-refractivity contribution is 5.86. The van der Waals surface area contributed by atoms with E-state index in [1.807, 2.05) is 62.4 Å². The van der Waals surface area contributed by atoms with Gasteiger partial charge in [-0.25, -0.2) is 9.18 Å². The summed E-state index contributed by atoms with van der Waals surface area (Å²) >= 11 is 0. The number of nitrogens with one attached hydrogen (secondary N) is 1. The smallest absolute Gasteiger partial charge is 0.322 e. The molecule has 1 aliphatic heterocycles. The molecule has 1 unspecified atom stereocenters. The topological polar surface area (TPSA) is 71.3 Å². The molecule has 4 aromatic rings. The number of hydrogen-bond acceptors (Lipinski definition) is 4. The summed E-state index contributed by atoms with van der Waals surface area (Å²) in [6.45, 7) is 6.35. The number of aryl methyl sites for hydroxylation is 2. The number of hydrogen-bond donors (Lipinski definition) is 1. The van der Waals surface area contributed by atoms with Crippen molar-refractivity contribution in [1.29, 1.82) is 0 Å². The van der Waals surface area contributed by atoms with Crippen LogP contribution in [0.1, 0.15) is 48.0 Å². The predicted molar refractivity (Wildman–Crippen MR) is 136 cm³/mol. The van der Waals surface area contributed by atoms with Gasteiger partial charge in [-0.15, -0.1) is 0 Å². The van der Waals surface area contributed by atoms with E-state index in [4.69, 9.17) is 4.52 Å². The minimum atomic E-state index is -0.641. The van der Waals surface area contributed by atoms with Gasteiger partial charge < -0.3 is 9.84 Å². The fourth-order valence-corrected chi connectivity index (χ4v) is 4.40. The van der Waals surface area contributed by atoms with Crippen molar-refractivity contribution in [2.75, 3.05) is 0 Å². The van der Waals surface area contributed by atoms with Gasteiger partial charge in [0, 0.05) is 11.3 Å². The molecule has 0 bridgehead atoms. The van der Waals surface area contributed by atoms with Crippen molar-refractivity contribution >= 4 is 11.6 Å². The van der Waals surface area contributed by atoms with Crippen LogP contribution in [0.15, 0.2) is 83.0 Å². The summed E-state index contributed by atoms with van der Waals surface area (Å²) < 4.78 is 19.9. The number of carbonyl (C=O) groups is 1. The number of halogens is 1. The summed E-state index contributed by atoms with van der Waals surface area (Å²) in [4.78, 5) is 19.6. The normalized spacial score (nSPS) is 15.8. The monoisotopic (exact) mass is 482 g/mol. The molecule has 1 aromatic heterocycles. The van der Waals surface area contributed by atoms with Crippen LogP contribution >= 0.6 is 0 Å². The SMILES string of the molecule is CCc1ccc(-c2noc(C3=C(C)N(Cc4ccc(C)cc4)C(=O)NC3c3cccc(F)c3)n2)cc1. The van der Waals surface area contributed by atoms with Gasteiger partial charge in [0.25, 0.3) is 5.89 Å². The highest BCUT2D eigenvalue weighted by atomic mass is 19.1. The highest BCUT2D eigenvalue weighted by Gasteiger charge is 2.36. The lowest BCUT2D eigenvalue weighted by Gasteiger charge is -2.35. The number of aromatic nitrogens is 2. The summed E-state index contributed by atoms with van der Waals surface area (Å²) in [5.41, 5.74) is 6.08. The maximum atomic E-state index is 14.1. The molecule has 0 aliphatic carbocycles. The Morgan fingerprint density at radius 1 is 1.00 bits per heavy atom. The molecule has 0 radical (unpaired) electrons. The average Bonchev–Trinajstić information content (AvgIpc) is 3.37. The molecule has 36 heavy (non-hydrogen) atoms. The van der Waals surface area contributed by atoms with E-state index < -0.39 is 6.04 Å². The van der Waals surface area contributed by atoms with Crippen molar-refractivity contribution in [1.82, 2.24) is 20.4 Å². The molecule has 0 saturated heterocycles. The largest absolute Gasteiger partial charge is 0.334 e. The lowest BCUT2D eigenvalue weighted by molar-refractivity contribution is 0.203. The Labute approximate surface area is 209 Å². The van der Waals surface area contributed by atoms with E-state index in [9.17, 15) is 9.18 Å². The molecule has 182 valence electrons. The van der Waals surface area contributed by atoms with Crippen molar-refractivity contribution in [3.05, 3.63) is 112 Å². The number of amides is 2.